The fraction of sp³-hybridized carbons (Fsp3) is 0.452. The van der Waals surface area contributed by atoms with Gasteiger partial charge in [-0.1, -0.05) is 58.5 Å². The summed E-state index contributed by atoms with van der Waals surface area (Å²) in [7, 11) is -1.91. The Bertz CT molecular complexity index is 1630. The van der Waals surface area contributed by atoms with Crippen molar-refractivity contribution in [2.45, 2.75) is 53.2 Å². The first kappa shape index (κ1) is 37.9. The lowest BCUT2D eigenvalue weighted by Gasteiger charge is -2.41. The van der Waals surface area contributed by atoms with Crippen molar-refractivity contribution in [2.75, 3.05) is 27.3 Å². The largest absolute Gasteiger partial charge is 0.469 e. The molecule has 0 aromatic heterocycles. The Labute approximate surface area is 289 Å². The van der Waals surface area contributed by atoms with E-state index >= 15 is 0 Å². The van der Waals surface area contributed by atoms with Gasteiger partial charge in [0.05, 0.1) is 36.7 Å². The minimum absolute atomic E-state index is 0.0187. The monoisotopic (exact) mass is 736 g/mol. The van der Waals surface area contributed by atoms with E-state index in [2.05, 4.69) is 0 Å². The predicted molar refractivity (Wildman–Crippen MR) is 177 cm³/mol. The number of esters is 3. The van der Waals surface area contributed by atoms with Gasteiger partial charge in [-0.2, -0.15) is 12.7 Å². The summed E-state index contributed by atoms with van der Waals surface area (Å²) in [4.78, 5) is 38.8. The molecule has 1 atom stereocenters. The van der Waals surface area contributed by atoms with E-state index in [0.29, 0.717) is 15.6 Å². The quantitative estimate of drug-likeness (QED) is 0.169. The van der Waals surface area contributed by atoms with Gasteiger partial charge in [0, 0.05) is 44.9 Å². The molecule has 0 fully saturated rings. The van der Waals surface area contributed by atoms with Gasteiger partial charge in [0.2, 0.25) is 0 Å². The van der Waals surface area contributed by atoms with Crippen LogP contribution < -0.4 is 0 Å². The van der Waals surface area contributed by atoms with Crippen molar-refractivity contribution >= 4 is 74.5 Å². The zero-order valence-electron chi connectivity index (χ0n) is 26.2. The van der Waals surface area contributed by atoms with Crippen LogP contribution >= 0.6 is 46.4 Å². The molecule has 0 N–H and O–H groups in total. The van der Waals surface area contributed by atoms with E-state index in [0.717, 1.165) is 8.61 Å². The Morgan fingerprint density at radius 2 is 1.33 bits per heavy atom. The highest BCUT2D eigenvalue weighted by molar-refractivity contribution is 7.86. The smallest absolute Gasteiger partial charge is 0.337 e. The standard InChI is InChI=1S/C31H36Cl4N2O8S/c1-30(2,28(39)43-5)11-13-36-17-23(27(38)45-18-19-7-8-20(32)15-24(19)34)26(22-10-9-21(33)16-25(22)35)37(46(36,41)42)14-12-31(3,4)29(40)44-6/h7-10,15-17,26H,11-14,18H2,1-6H3. The molecule has 2 aromatic rings. The molecule has 1 aliphatic rings. The van der Waals surface area contributed by atoms with Gasteiger partial charge >= 0.3 is 28.1 Å². The zero-order chi connectivity index (χ0) is 34.6. The molecule has 1 unspecified atom stereocenters. The molecule has 15 heteroatoms. The van der Waals surface area contributed by atoms with Crippen LogP contribution in [0, 0.1) is 10.8 Å². The number of rotatable bonds is 12. The molecule has 0 spiro atoms. The lowest BCUT2D eigenvalue weighted by molar-refractivity contribution is -0.151. The number of hydrogen-bond acceptors (Lipinski definition) is 8. The van der Waals surface area contributed by atoms with Crippen LogP contribution in [0.15, 0.2) is 48.2 Å². The minimum atomic E-state index is -4.39. The summed E-state index contributed by atoms with van der Waals surface area (Å²) in [5.74, 6) is -1.94. The number of hydrogen-bond donors (Lipinski definition) is 0. The molecule has 0 radical (unpaired) electrons. The number of carbonyl (C=O) groups is 3. The third-order valence-electron chi connectivity index (χ3n) is 7.72. The first-order valence-electron chi connectivity index (χ1n) is 14.1. The van der Waals surface area contributed by atoms with Gasteiger partial charge in [0.15, 0.2) is 0 Å². The van der Waals surface area contributed by atoms with Crippen LogP contribution in [0.5, 0.6) is 0 Å². The Hall–Kier alpha value is -2.54. The highest BCUT2D eigenvalue weighted by atomic mass is 35.5. The molecular formula is C31H36Cl4N2O8S. The van der Waals surface area contributed by atoms with Gasteiger partial charge in [-0.05, 0) is 70.4 Å². The summed E-state index contributed by atoms with van der Waals surface area (Å²) in [5, 5.41) is 1.07. The Morgan fingerprint density at radius 3 is 1.85 bits per heavy atom. The second-order valence-corrected chi connectivity index (χ2v) is 15.5. The summed E-state index contributed by atoms with van der Waals surface area (Å²) < 4.78 is 46.2. The average molecular weight is 739 g/mol. The third kappa shape index (κ3) is 8.67. The number of halogens is 4. The maximum Gasteiger partial charge on any atom is 0.337 e. The number of methoxy groups -OCH3 is 2. The molecule has 3 rings (SSSR count). The first-order chi connectivity index (χ1) is 21.3. The SMILES string of the molecule is COC(=O)C(C)(C)CCN1C=C(C(=O)OCc2ccc(Cl)cc2Cl)C(c2ccc(Cl)cc2Cl)N(CCC(C)(C)C(=O)OC)S1(=O)=O. The highest BCUT2D eigenvalue weighted by Crippen LogP contribution is 2.42. The van der Waals surface area contributed by atoms with Gasteiger partial charge in [0.25, 0.3) is 0 Å². The molecule has 0 amide bonds. The number of benzene rings is 2. The molecule has 1 heterocycles. The Morgan fingerprint density at radius 1 is 0.804 bits per heavy atom. The maximum atomic E-state index is 14.3. The van der Waals surface area contributed by atoms with E-state index in [1.807, 2.05) is 0 Å². The van der Waals surface area contributed by atoms with E-state index in [1.54, 1.807) is 39.8 Å². The molecule has 252 valence electrons. The van der Waals surface area contributed by atoms with E-state index in [-0.39, 0.29) is 53.7 Å². The summed E-state index contributed by atoms with van der Waals surface area (Å²) in [6, 6.07) is 7.90. The van der Waals surface area contributed by atoms with Crippen molar-refractivity contribution in [3.8, 4) is 0 Å². The average Bonchev–Trinajstić information content (AvgIpc) is 2.98. The Balaban J connectivity index is 2.17. The van der Waals surface area contributed by atoms with Crippen molar-refractivity contribution in [3.63, 3.8) is 0 Å². The summed E-state index contributed by atoms with van der Waals surface area (Å²) in [6.07, 6.45) is 1.25. The van der Waals surface area contributed by atoms with E-state index in [1.165, 1.54) is 44.7 Å². The Kier molecular flexibility index (Phi) is 12.5. The van der Waals surface area contributed by atoms with Gasteiger partial charge < -0.3 is 14.2 Å². The van der Waals surface area contributed by atoms with Crippen molar-refractivity contribution in [3.05, 3.63) is 79.4 Å². The van der Waals surface area contributed by atoms with Crippen LogP contribution in [0.2, 0.25) is 20.1 Å². The van der Waals surface area contributed by atoms with Gasteiger partial charge in [0.1, 0.15) is 6.61 Å². The zero-order valence-corrected chi connectivity index (χ0v) is 30.1. The van der Waals surface area contributed by atoms with Crippen LogP contribution in [-0.4, -0.2) is 62.2 Å². The highest BCUT2D eigenvalue weighted by Gasteiger charge is 2.46. The van der Waals surface area contributed by atoms with Crippen LogP contribution in [0.1, 0.15) is 57.7 Å². The number of carbonyl (C=O) groups excluding carboxylic acids is 3. The van der Waals surface area contributed by atoms with E-state index in [4.69, 9.17) is 60.6 Å². The molecule has 10 nitrogen and oxygen atoms in total. The van der Waals surface area contributed by atoms with Gasteiger partial charge in [-0.15, -0.1) is 0 Å². The predicted octanol–water partition coefficient (Wildman–Crippen LogP) is 7.01. The molecule has 2 aromatic carbocycles. The first-order valence-corrected chi connectivity index (χ1v) is 17.0. The topological polar surface area (TPSA) is 120 Å². The fourth-order valence-electron chi connectivity index (χ4n) is 4.75. The van der Waals surface area contributed by atoms with E-state index < -0.39 is 45.0 Å². The van der Waals surface area contributed by atoms with Crippen molar-refractivity contribution in [2.24, 2.45) is 10.8 Å². The molecule has 46 heavy (non-hydrogen) atoms. The van der Waals surface area contributed by atoms with E-state index in [9.17, 15) is 22.8 Å². The van der Waals surface area contributed by atoms with Gasteiger partial charge in [-0.25, -0.2) is 4.79 Å². The molecule has 0 aliphatic carbocycles. The molecule has 0 saturated carbocycles. The molecule has 1 aliphatic heterocycles. The lowest BCUT2D eigenvalue weighted by atomic mass is 9.89. The second-order valence-electron chi connectivity index (χ2n) is 11.9. The molecular weight excluding hydrogens is 702 g/mol. The van der Waals surface area contributed by atoms with Crippen molar-refractivity contribution in [1.29, 1.82) is 0 Å². The summed E-state index contributed by atoms with van der Waals surface area (Å²) in [6.45, 7) is 5.83. The van der Waals surface area contributed by atoms with Crippen LogP contribution in [0.4, 0.5) is 0 Å². The minimum Gasteiger partial charge on any atom is -0.469 e. The molecule has 0 bridgehead atoms. The van der Waals surface area contributed by atoms with Crippen molar-refractivity contribution < 1.29 is 37.0 Å². The summed E-state index contributed by atoms with van der Waals surface area (Å²) in [5.41, 5.74) is -1.50. The fourth-order valence-corrected chi connectivity index (χ4v) is 7.38. The van der Waals surface area contributed by atoms with Crippen molar-refractivity contribution in [1.82, 2.24) is 8.61 Å². The van der Waals surface area contributed by atoms with Crippen LogP contribution in [-0.2, 0) is 45.4 Å². The van der Waals surface area contributed by atoms with Gasteiger partial charge in [-0.3, -0.25) is 13.9 Å². The second kappa shape index (κ2) is 15.1. The lowest BCUT2D eigenvalue weighted by Crippen LogP contribution is -2.51. The molecule has 0 saturated heterocycles. The normalized spacial score (nSPS) is 16.9. The number of ether oxygens (including phenoxy) is 3. The van der Waals surface area contributed by atoms with Crippen LogP contribution in [0.3, 0.4) is 0 Å². The third-order valence-corrected chi connectivity index (χ3v) is 10.7. The summed E-state index contributed by atoms with van der Waals surface area (Å²) >= 11 is 25.1. The number of nitrogens with zero attached hydrogens (tertiary/aromatic N) is 2. The van der Waals surface area contributed by atoms with Crippen LogP contribution in [0.25, 0.3) is 0 Å². The maximum absolute atomic E-state index is 14.3.